The Kier molecular flexibility index (Phi) is 3.84. The molecule has 1 aromatic rings. The normalized spacial score (nSPS) is 23.7. The van der Waals surface area contributed by atoms with Gasteiger partial charge in [-0.1, -0.05) is 26.7 Å². The van der Waals surface area contributed by atoms with Crippen LogP contribution in [0.1, 0.15) is 63.5 Å². The number of fused-ring (bicyclic) bond motifs is 3. The van der Waals surface area contributed by atoms with Crippen LogP contribution < -0.4 is 5.73 Å². The molecule has 0 heterocycles. The molecule has 0 amide bonds. The summed E-state index contributed by atoms with van der Waals surface area (Å²) in [5, 5.41) is 0. The Labute approximate surface area is 131 Å². The van der Waals surface area contributed by atoms with Crippen molar-refractivity contribution in [2.45, 2.75) is 58.8 Å². The summed E-state index contributed by atoms with van der Waals surface area (Å²) in [5.41, 5.74) is 10.1. The maximum absolute atomic E-state index is 14.0. The van der Waals surface area contributed by atoms with Gasteiger partial charge in [-0.15, -0.1) is 0 Å². The number of anilines is 1. The first-order valence-electron chi connectivity index (χ1n) is 8.37. The van der Waals surface area contributed by atoms with Crippen molar-refractivity contribution in [1.29, 1.82) is 0 Å². The molecule has 3 rings (SSSR count). The van der Waals surface area contributed by atoms with Crippen LogP contribution in [-0.4, -0.2) is 5.78 Å². The SMILES string of the molecule is CCCCC12CCC(=O)C(CC)=C1c1cc(F)c(N)cc1C2. The lowest BCUT2D eigenvalue weighted by molar-refractivity contribution is -0.116. The van der Waals surface area contributed by atoms with E-state index in [1.807, 2.05) is 6.92 Å². The summed E-state index contributed by atoms with van der Waals surface area (Å²) >= 11 is 0. The minimum absolute atomic E-state index is 0.0256. The molecule has 2 N–H and O–H groups in total. The second-order valence-electron chi connectivity index (χ2n) is 6.72. The number of allylic oxidation sites excluding steroid dienone is 2. The molecule has 0 aromatic heterocycles. The number of hydrogen-bond donors (Lipinski definition) is 1. The van der Waals surface area contributed by atoms with E-state index in [1.165, 1.54) is 0 Å². The summed E-state index contributed by atoms with van der Waals surface area (Å²) in [6, 6.07) is 3.34. The molecule has 0 fully saturated rings. The number of Topliss-reactive ketones (excluding diaryl/α,β-unsaturated/α-hetero) is 1. The summed E-state index contributed by atoms with van der Waals surface area (Å²) in [4.78, 5) is 12.4. The van der Waals surface area contributed by atoms with E-state index in [1.54, 1.807) is 12.1 Å². The molecule has 0 saturated heterocycles. The quantitative estimate of drug-likeness (QED) is 0.821. The van der Waals surface area contributed by atoms with E-state index in [0.717, 1.165) is 60.8 Å². The molecule has 0 radical (unpaired) electrons. The number of carbonyl (C=O) groups is 1. The monoisotopic (exact) mass is 301 g/mol. The molecule has 1 aromatic carbocycles. The van der Waals surface area contributed by atoms with Gasteiger partial charge >= 0.3 is 0 Å². The van der Waals surface area contributed by atoms with E-state index in [2.05, 4.69) is 6.92 Å². The first kappa shape index (κ1) is 15.3. The third-order valence-corrected chi connectivity index (χ3v) is 5.38. The predicted octanol–water partition coefficient (Wildman–Crippen LogP) is 4.67. The standard InChI is InChI=1S/C19H24FNO/c1-3-5-7-19-8-6-17(22)13(4-2)18(19)14-10-15(20)16(21)9-12(14)11-19/h9-10H,3-8,11,21H2,1-2H3. The number of carbonyl (C=O) groups excluding carboxylic acids is 1. The van der Waals surface area contributed by atoms with Crippen molar-refractivity contribution < 1.29 is 9.18 Å². The van der Waals surface area contributed by atoms with E-state index in [-0.39, 0.29) is 22.7 Å². The number of unbranched alkanes of at least 4 members (excludes halogenated alkanes) is 1. The van der Waals surface area contributed by atoms with Crippen molar-refractivity contribution in [3.05, 3.63) is 34.6 Å². The van der Waals surface area contributed by atoms with Gasteiger partial charge in [0.05, 0.1) is 5.69 Å². The maximum Gasteiger partial charge on any atom is 0.159 e. The molecule has 3 heteroatoms. The smallest absolute Gasteiger partial charge is 0.159 e. The lowest BCUT2D eigenvalue weighted by Gasteiger charge is -2.36. The minimum atomic E-state index is -0.369. The molecule has 118 valence electrons. The van der Waals surface area contributed by atoms with Crippen LogP contribution in [0.15, 0.2) is 17.7 Å². The largest absolute Gasteiger partial charge is 0.396 e. The molecule has 0 spiro atoms. The Morgan fingerprint density at radius 2 is 2.09 bits per heavy atom. The highest BCUT2D eigenvalue weighted by Gasteiger charge is 2.46. The second kappa shape index (κ2) is 5.53. The third kappa shape index (κ3) is 2.18. The summed E-state index contributed by atoms with van der Waals surface area (Å²) in [5.74, 6) is -0.124. The Hall–Kier alpha value is -1.64. The summed E-state index contributed by atoms with van der Waals surface area (Å²) in [6.45, 7) is 4.22. The molecule has 2 aliphatic carbocycles. The summed E-state index contributed by atoms with van der Waals surface area (Å²) < 4.78 is 14.0. The summed E-state index contributed by atoms with van der Waals surface area (Å²) in [7, 11) is 0. The van der Waals surface area contributed by atoms with Crippen molar-refractivity contribution in [2.24, 2.45) is 5.41 Å². The van der Waals surface area contributed by atoms with Crippen molar-refractivity contribution in [1.82, 2.24) is 0 Å². The maximum atomic E-state index is 14.0. The average Bonchev–Trinajstić information content (AvgIpc) is 2.80. The van der Waals surface area contributed by atoms with Crippen molar-refractivity contribution in [2.75, 3.05) is 5.73 Å². The molecule has 22 heavy (non-hydrogen) atoms. The number of benzene rings is 1. The summed E-state index contributed by atoms with van der Waals surface area (Å²) in [6.07, 6.45) is 6.50. The van der Waals surface area contributed by atoms with E-state index < -0.39 is 0 Å². The predicted molar refractivity (Wildman–Crippen MR) is 87.9 cm³/mol. The van der Waals surface area contributed by atoms with Crippen LogP contribution in [0.2, 0.25) is 0 Å². The van der Waals surface area contributed by atoms with E-state index in [0.29, 0.717) is 6.42 Å². The van der Waals surface area contributed by atoms with Gasteiger partial charge in [-0.2, -0.15) is 0 Å². The van der Waals surface area contributed by atoms with E-state index in [9.17, 15) is 9.18 Å². The van der Waals surface area contributed by atoms with Gasteiger partial charge in [-0.3, -0.25) is 4.79 Å². The van der Waals surface area contributed by atoms with Crippen LogP contribution in [0.4, 0.5) is 10.1 Å². The molecular formula is C19H24FNO. The van der Waals surface area contributed by atoms with Gasteiger partial charge in [0.2, 0.25) is 0 Å². The van der Waals surface area contributed by atoms with Crippen molar-refractivity contribution in [3.8, 4) is 0 Å². The molecule has 2 aliphatic rings. The first-order chi connectivity index (χ1) is 10.5. The zero-order valence-electron chi connectivity index (χ0n) is 13.5. The van der Waals surface area contributed by atoms with Crippen LogP contribution in [-0.2, 0) is 11.2 Å². The van der Waals surface area contributed by atoms with Gasteiger partial charge in [-0.25, -0.2) is 4.39 Å². The van der Waals surface area contributed by atoms with Gasteiger partial charge in [0.25, 0.3) is 0 Å². The number of nitrogen functional groups attached to an aromatic ring is 1. The number of halogens is 1. The lowest BCUT2D eigenvalue weighted by Crippen LogP contribution is -2.28. The van der Waals surface area contributed by atoms with Crippen LogP contribution in [0.5, 0.6) is 0 Å². The molecular weight excluding hydrogens is 277 g/mol. The average molecular weight is 301 g/mol. The highest BCUT2D eigenvalue weighted by Crippen LogP contribution is 2.57. The Morgan fingerprint density at radius 1 is 1.32 bits per heavy atom. The number of ketones is 1. The number of nitrogens with two attached hydrogens (primary N) is 1. The van der Waals surface area contributed by atoms with Gasteiger partial charge in [0, 0.05) is 11.8 Å². The molecule has 0 saturated carbocycles. The Morgan fingerprint density at radius 3 is 2.77 bits per heavy atom. The number of rotatable bonds is 4. The van der Waals surface area contributed by atoms with Gasteiger partial charge in [0.1, 0.15) is 5.82 Å². The minimum Gasteiger partial charge on any atom is -0.396 e. The van der Waals surface area contributed by atoms with Crippen LogP contribution in [0.3, 0.4) is 0 Å². The highest BCUT2D eigenvalue weighted by atomic mass is 19.1. The van der Waals surface area contributed by atoms with Gasteiger partial charge < -0.3 is 5.73 Å². The highest BCUT2D eigenvalue weighted by molar-refractivity contribution is 6.06. The Balaban J connectivity index is 2.21. The molecule has 2 nitrogen and oxygen atoms in total. The van der Waals surface area contributed by atoms with E-state index in [4.69, 9.17) is 5.73 Å². The van der Waals surface area contributed by atoms with Gasteiger partial charge in [-0.05, 0) is 60.1 Å². The van der Waals surface area contributed by atoms with Gasteiger partial charge in [0.15, 0.2) is 5.78 Å². The zero-order valence-corrected chi connectivity index (χ0v) is 13.5. The van der Waals surface area contributed by atoms with E-state index >= 15 is 0 Å². The lowest BCUT2D eigenvalue weighted by atomic mass is 9.67. The van der Waals surface area contributed by atoms with Crippen LogP contribution >= 0.6 is 0 Å². The van der Waals surface area contributed by atoms with Crippen molar-refractivity contribution in [3.63, 3.8) is 0 Å². The fourth-order valence-electron chi connectivity index (χ4n) is 4.32. The fourth-order valence-corrected chi connectivity index (χ4v) is 4.32. The van der Waals surface area contributed by atoms with Crippen molar-refractivity contribution >= 4 is 17.0 Å². The number of hydrogen-bond acceptors (Lipinski definition) is 2. The van der Waals surface area contributed by atoms with Crippen LogP contribution in [0, 0.1) is 11.2 Å². The molecule has 1 unspecified atom stereocenters. The zero-order chi connectivity index (χ0) is 15.9. The third-order valence-electron chi connectivity index (χ3n) is 5.38. The molecule has 0 bridgehead atoms. The fraction of sp³-hybridized carbons (Fsp3) is 0.526. The molecule has 1 atom stereocenters. The first-order valence-corrected chi connectivity index (χ1v) is 8.37. The molecule has 0 aliphatic heterocycles. The van der Waals surface area contributed by atoms with Crippen LogP contribution in [0.25, 0.3) is 5.57 Å². The topological polar surface area (TPSA) is 43.1 Å². The Bertz CT molecular complexity index is 662. The second-order valence-corrected chi connectivity index (χ2v) is 6.72.